The molecule has 2 amide bonds. The summed E-state index contributed by atoms with van der Waals surface area (Å²) in [6, 6.07) is 3.93. The normalized spacial score (nSPS) is 21.4. The predicted octanol–water partition coefficient (Wildman–Crippen LogP) is 0.975. The van der Waals surface area contributed by atoms with Crippen LogP contribution in [0, 0.1) is 0 Å². The fourth-order valence-corrected chi connectivity index (χ4v) is 3.28. The van der Waals surface area contributed by atoms with Crippen LogP contribution in [0.5, 0.6) is 0 Å². The number of halogens is 3. The first kappa shape index (κ1) is 24.7. The van der Waals surface area contributed by atoms with Crippen molar-refractivity contribution in [3.63, 3.8) is 0 Å². The van der Waals surface area contributed by atoms with Crippen molar-refractivity contribution in [3.8, 4) is 0 Å². The second kappa shape index (κ2) is 10.1. The van der Waals surface area contributed by atoms with Gasteiger partial charge < -0.3 is 24.1 Å². The molecule has 9 nitrogen and oxygen atoms in total. The van der Waals surface area contributed by atoms with Gasteiger partial charge in [-0.1, -0.05) is 6.92 Å². The molecule has 2 aliphatic rings. The van der Waals surface area contributed by atoms with Gasteiger partial charge in [0.1, 0.15) is 24.7 Å². The van der Waals surface area contributed by atoms with Crippen LogP contribution in [-0.4, -0.2) is 96.2 Å². The predicted molar refractivity (Wildman–Crippen MR) is 101 cm³/mol. The van der Waals surface area contributed by atoms with Gasteiger partial charge in [-0.05, 0) is 12.1 Å². The number of aliphatic carboxylic acids is 1. The molecule has 1 aromatic heterocycles. The number of carbonyl (C=O) groups is 3. The van der Waals surface area contributed by atoms with E-state index in [-0.39, 0.29) is 37.1 Å². The average Bonchev–Trinajstić information content (AvgIpc) is 3.30. The highest BCUT2D eigenvalue weighted by atomic mass is 19.4. The number of carboxylic acid groups (broad SMARTS) is 1. The van der Waals surface area contributed by atoms with Gasteiger partial charge in [0.05, 0.1) is 18.7 Å². The summed E-state index contributed by atoms with van der Waals surface area (Å²) in [6.07, 6.45) is -4.25. The molecule has 1 N–H and O–H groups in total. The Labute approximate surface area is 177 Å². The van der Waals surface area contributed by atoms with Crippen molar-refractivity contribution in [3.05, 3.63) is 23.7 Å². The second-order valence-corrected chi connectivity index (χ2v) is 7.45. The maximum absolute atomic E-state index is 12.2. The van der Waals surface area contributed by atoms with Crippen molar-refractivity contribution < 1.29 is 41.8 Å². The molecule has 0 aromatic carbocycles. The van der Waals surface area contributed by atoms with E-state index in [1.54, 1.807) is 19.0 Å². The topological polar surface area (TPSA) is 104 Å². The lowest BCUT2D eigenvalue weighted by Gasteiger charge is -2.36. The molecule has 2 saturated heterocycles. The van der Waals surface area contributed by atoms with Crippen LogP contribution in [0.4, 0.5) is 13.2 Å². The smallest absolute Gasteiger partial charge is 0.475 e. The van der Waals surface area contributed by atoms with Crippen LogP contribution in [0.1, 0.15) is 18.4 Å². The quantitative estimate of drug-likeness (QED) is 0.715. The van der Waals surface area contributed by atoms with Crippen LogP contribution < -0.4 is 0 Å². The molecule has 0 unspecified atom stereocenters. The number of likely N-dealkylation sites (N-methyl/N-ethyl adjacent to an activating group) is 1. The average molecular weight is 449 g/mol. The monoisotopic (exact) mass is 449 g/mol. The minimum atomic E-state index is -5.08. The van der Waals surface area contributed by atoms with Crippen LogP contribution in [0.2, 0.25) is 0 Å². The van der Waals surface area contributed by atoms with E-state index in [9.17, 15) is 22.8 Å². The van der Waals surface area contributed by atoms with Gasteiger partial charge in [0.25, 0.3) is 0 Å². The fourth-order valence-electron chi connectivity index (χ4n) is 3.28. The van der Waals surface area contributed by atoms with Gasteiger partial charge in [0.15, 0.2) is 0 Å². The molecular formula is C19H26F3N3O6. The van der Waals surface area contributed by atoms with Gasteiger partial charge in [-0.15, -0.1) is 0 Å². The Hall–Kier alpha value is -2.60. The van der Waals surface area contributed by atoms with Gasteiger partial charge >= 0.3 is 12.1 Å². The van der Waals surface area contributed by atoms with Crippen LogP contribution >= 0.6 is 0 Å². The number of alkyl halides is 3. The summed E-state index contributed by atoms with van der Waals surface area (Å²) in [5.41, 5.74) is 0. The van der Waals surface area contributed by atoms with Crippen molar-refractivity contribution in [1.29, 1.82) is 0 Å². The summed E-state index contributed by atoms with van der Waals surface area (Å²) in [5, 5.41) is 7.12. The molecule has 2 atom stereocenters. The zero-order chi connectivity index (χ0) is 23.3. The highest BCUT2D eigenvalue weighted by Crippen LogP contribution is 2.25. The first-order valence-electron chi connectivity index (χ1n) is 9.63. The third kappa shape index (κ3) is 6.69. The van der Waals surface area contributed by atoms with E-state index in [0.29, 0.717) is 13.1 Å². The zero-order valence-electron chi connectivity index (χ0n) is 17.5. The van der Waals surface area contributed by atoms with Crippen molar-refractivity contribution >= 4 is 17.8 Å². The maximum atomic E-state index is 12.2. The summed E-state index contributed by atoms with van der Waals surface area (Å²) in [5.74, 6) is -1.04. The third-order valence-corrected chi connectivity index (χ3v) is 4.95. The highest BCUT2D eigenvalue weighted by Gasteiger charge is 2.44. The van der Waals surface area contributed by atoms with E-state index in [0.717, 1.165) is 24.5 Å². The number of fused-ring (bicyclic) bond motifs is 1. The lowest BCUT2D eigenvalue weighted by atomic mass is 10.1. The zero-order valence-corrected chi connectivity index (χ0v) is 17.5. The summed E-state index contributed by atoms with van der Waals surface area (Å²) in [4.78, 5) is 38.5. The number of amides is 2. The van der Waals surface area contributed by atoms with Gasteiger partial charge in [-0.25, -0.2) is 4.79 Å². The van der Waals surface area contributed by atoms with Gasteiger partial charge in [-0.2, -0.15) is 13.2 Å². The number of furan rings is 1. The van der Waals surface area contributed by atoms with Crippen molar-refractivity contribution in [1.82, 2.24) is 14.7 Å². The molecule has 31 heavy (non-hydrogen) atoms. The second-order valence-electron chi connectivity index (χ2n) is 7.45. The first-order chi connectivity index (χ1) is 14.4. The molecule has 3 rings (SSSR count). The Bertz CT molecular complexity index is 795. The summed E-state index contributed by atoms with van der Waals surface area (Å²) < 4.78 is 43.2. The Morgan fingerprint density at radius 1 is 1.23 bits per heavy atom. The SMILES string of the molecule is CCc1ccc(CN2C[C@@H]3[C@@H](C2)OCC(=O)N3CC(=O)N(C)C)o1.O=C(O)C(F)(F)F. The highest BCUT2D eigenvalue weighted by molar-refractivity contribution is 5.86. The molecule has 12 heteroatoms. The number of aryl methyl sites for hydroxylation is 1. The Kier molecular flexibility index (Phi) is 8.07. The number of likely N-dealkylation sites (tertiary alicyclic amines) is 1. The molecular weight excluding hydrogens is 423 g/mol. The van der Waals surface area contributed by atoms with E-state index >= 15 is 0 Å². The molecule has 0 aliphatic carbocycles. The molecule has 174 valence electrons. The Morgan fingerprint density at radius 3 is 2.35 bits per heavy atom. The van der Waals surface area contributed by atoms with Crippen LogP contribution in [0.25, 0.3) is 0 Å². The molecule has 0 radical (unpaired) electrons. The van der Waals surface area contributed by atoms with Gasteiger partial charge in [0.2, 0.25) is 11.8 Å². The van der Waals surface area contributed by atoms with E-state index in [4.69, 9.17) is 19.1 Å². The van der Waals surface area contributed by atoms with E-state index < -0.39 is 12.1 Å². The van der Waals surface area contributed by atoms with Crippen LogP contribution in [0.3, 0.4) is 0 Å². The minimum absolute atomic E-state index is 0.0433. The molecule has 2 fully saturated rings. The van der Waals surface area contributed by atoms with E-state index in [2.05, 4.69) is 11.8 Å². The molecule has 3 heterocycles. The van der Waals surface area contributed by atoms with Crippen molar-refractivity contribution in [2.75, 3.05) is 40.3 Å². The number of carboxylic acids is 1. The molecule has 0 bridgehead atoms. The van der Waals surface area contributed by atoms with Crippen molar-refractivity contribution in [2.24, 2.45) is 0 Å². The lowest BCUT2D eigenvalue weighted by molar-refractivity contribution is -0.192. The molecule has 2 aliphatic heterocycles. The van der Waals surface area contributed by atoms with Gasteiger partial charge in [0, 0.05) is 33.6 Å². The fraction of sp³-hybridized carbons (Fsp3) is 0.632. The Morgan fingerprint density at radius 2 is 1.84 bits per heavy atom. The molecule has 0 saturated carbocycles. The number of morpholine rings is 1. The largest absolute Gasteiger partial charge is 0.490 e. The minimum Gasteiger partial charge on any atom is -0.475 e. The van der Waals surface area contributed by atoms with E-state index in [1.165, 1.54) is 4.90 Å². The summed E-state index contributed by atoms with van der Waals surface area (Å²) in [7, 11) is 3.40. The molecule has 1 aromatic rings. The Balaban J connectivity index is 0.000000423. The number of hydrogen-bond acceptors (Lipinski definition) is 6. The lowest BCUT2D eigenvalue weighted by Crippen LogP contribution is -2.56. The summed E-state index contributed by atoms with van der Waals surface area (Å²) in [6.45, 7) is 4.36. The first-order valence-corrected chi connectivity index (χ1v) is 9.63. The van der Waals surface area contributed by atoms with Crippen LogP contribution in [0.15, 0.2) is 16.5 Å². The summed E-state index contributed by atoms with van der Waals surface area (Å²) >= 11 is 0. The maximum Gasteiger partial charge on any atom is 0.490 e. The number of carbonyl (C=O) groups excluding carboxylic acids is 2. The van der Waals surface area contributed by atoms with Gasteiger partial charge in [-0.3, -0.25) is 14.5 Å². The molecule has 0 spiro atoms. The number of rotatable bonds is 5. The van der Waals surface area contributed by atoms with E-state index in [1.807, 2.05) is 12.1 Å². The standard InChI is InChI=1S/C17H25N3O4.C2HF3O2/c1-4-12-5-6-13(24-12)7-19-8-14-15(9-19)23-11-17(22)20(14)10-16(21)18(2)3;3-2(4,5)1(6)7/h5-6,14-15H,4,7-11H2,1-3H3;(H,6,7)/t14-,15-;/m1./s1. The third-order valence-electron chi connectivity index (χ3n) is 4.95. The number of ether oxygens (including phenoxy) is 1. The van der Waals surface area contributed by atoms with Crippen LogP contribution in [-0.2, 0) is 32.1 Å². The number of nitrogens with zero attached hydrogens (tertiary/aromatic N) is 3. The number of hydrogen-bond donors (Lipinski definition) is 1. The van der Waals surface area contributed by atoms with Crippen molar-refractivity contribution in [2.45, 2.75) is 38.2 Å².